The molecular formula is C32H50O3. The van der Waals surface area contributed by atoms with Crippen molar-refractivity contribution in [1.82, 2.24) is 0 Å². The summed E-state index contributed by atoms with van der Waals surface area (Å²) in [6, 6.07) is 10.4. The van der Waals surface area contributed by atoms with E-state index in [9.17, 15) is 0 Å². The van der Waals surface area contributed by atoms with Gasteiger partial charge in [0.1, 0.15) is 0 Å². The van der Waals surface area contributed by atoms with Crippen LogP contribution in [-0.2, 0) is 20.8 Å². The van der Waals surface area contributed by atoms with Crippen LogP contribution in [0, 0.1) is 0 Å². The van der Waals surface area contributed by atoms with Crippen molar-refractivity contribution in [3.63, 3.8) is 0 Å². The Kier molecular flexibility index (Phi) is 18.2. The predicted octanol–water partition coefficient (Wildman–Crippen LogP) is 9.09. The number of allylic oxidation sites excluding steroid dienone is 5. The second kappa shape index (κ2) is 21.6. The number of unbranched alkanes of at least 4 members (excludes halogenated alkanes) is 7. The van der Waals surface area contributed by atoms with E-state index in [0.29, 0.717) is 6.61 Å². The number of benzene rings is 1. The van der Waals surface area contributed by atoms with E-state index >= 15 is 0 Å². The molecule has 1 fully saturated rings. The van der Waals surface area contributed by atoms with E-state index < -0.39 is 0 Å². The second-order valence-corrected chi connectivity index (χ2v) is 9.57. The van der Waals surface area contributed by atoms with Crippen molar-refractivity contribution in [3.8, 4) is 0 Å². The normalized spacial score (nSPS) is 17.7. The SMILES string of the molecule is CCCCC[C@@H](/C=C/C=C\C/C=C\CCCCCCCOC1CCCCO1)OCc1ccccc1. The highest BCUT2D eigenvalue weighted by atomic mass is 16.7. The van der Waals surface area contributed by atoms with E-state index in [1.54, 1.807) is 0 Å². The van der Waals surface area contributed by atoms with Gasteiger partial charge in [-0.15, -0.1) is 0 Å². The molecule has 1 aromatic rings. The first-order chi connectivity index (χ1) is 17.4. The average Bonchev–Trinajstić information content (AvgIpc) is 2.90. The van der Waals surface area contributed by atoms with E-state index in [0.717, 1.165) is 38.9 Å². The Hall–Kier alpha value is -1.68. The summed E-state index contributed by atoms with van der Waals surface area (Å²) in [5, 5.41) is 0. The highest BCUT2D eigenvalue weighted by molar-refractivity contribution is 5.14. The molecule has 0 bridgehead atoms. The van der Waals surface area contributed by atoms with Crippen molar-refractivity contribution >= 4 is 0 Å². The lowest BCUT2D eigenvalue weighted by Crippen LogP contribution is -2.22. The van der Waals surface area contributed by atoms with E-state index in [4.69, 9.17) is 14.2 Å². The van der Waals surface area contributed by atoms with E-state index in [-0.39, 0.29) is 12.4 Å². The Morgan fingerprint density at radius 3 is 2.60 bits per heavy atom. The van der Waals surface area contributed by atoms with Crippen molar-refractivity contribution in [2.45, 2.75) is 116 Å². The molecule has 35 heavy (non-hydrogen) atoms. The minimum Gasteiger partial charge on any atom is -0.369 e. The summed E-state index contributed by atoms with van der Waals surface area (Å²) in [5.41, 5.74) is 1.24. The van der Waals surface area contributed by atoms with Gasteiger partial charge in [0.25, 0.3) is 0 Å². The number of ether oxygens (including phenoxy) is 3. The second-order valence-electron chi connectivity index (χ2n) is 9.57. The van der Waals surface area contributed by atoms with Crippen LogP contribution in [0.1, 0.15) is 102 Å². The molecule has 1 aromatic carbocycles. The van der Waals surface area contributed by atoms with Gasteiger partial charge in [-0.1, -0.05) is 112 Å². The van der Waals surface area contributed by atoms with Gasteiger partial charge < -0.3 is 14.2 Å². The van der Waals surface area contributed by atoms with Gasteiger partial charge in [-0.3, -0.25) is 0 Å². The largest absolute Gasteiger partial charge is 0.369 e. The Morgan fingerprint density at radius 2 is 1.77 bits per heavy atom. The Labute approximate surface area is 215 Å². The van der Waals surface area contributed by atoms with Crippen LogP contribution in [0.4, 0.5) is 0 Å². The fraction of sp³-hybridized carbons (Fsp3) is 0.625. The van der Waals surface area contributed by atoms with Crippen molar-refractivity contribution in [3.05, 3.63) is 72.4 Å². The summed E-state index contributed by atoms with van der Waals surface area (Å²) in [6.07, 6.45) is 30.4. The molecule has 0 saturated carbocycles. The van der Waals surface area contributed by atoms with Gasteiger partial charge in [-0.05, 0) is 56.9 Å². The predicted molar refractivity (Wildman–Crippen MR) is 148 cm³/mol. The van der Waals surface area contributed by atoms with Crippen molar-refractivity contribution in [2.75, 3.05) is 13.2 Å². The van der Waals surface area contributed by atoms with Gasteiger partial charge in [0.05, 0.1) is 12.7 Å². The molecule has 0 N–H and O–H groups in total. The van der Waals surface area contributed by atoms with Gasteiger partial charge in [0, 0.05) is 13.2 Å². The zero-order chi connectivity index (χ0) is 24.7. The van der Waals surface area contributed by atoms with Gasteiger partial charge in [-0.2, -0.15) is 0 Å². The van der Waals surface area contributed by atoms with E-state index in [1.165, 1.54) is 69.8 Å². The summed E-state index contributed by atoms with van der Waals surface area (Å²) in [6.45, 7) is 4.65. The first-order valence-corrected chi connectivity index (χ1v) is 14.3. The molecule has 0 aromatic heterocycles. The molecule has 1 aliphatic heterocycles. The minimum atomic E-state index is 0.0682. The van der Waals surface area contributed by atoms with Crippen LogP contribution >= 0.6 is 0 Å². The van der Waals surface area contributed by atoms with E-state index in [2.05, 4.69) is 67.6 Å². The lowest BCUT2D eigenvalue weighted by molar-refractivity contribution is -0.162. The van der Waals surface area contributed by atoms with E-state index in [1.807, 2.05) is 6.07 Å². The lowest BCUT2D eigenvalue weighted by atomic mass is 10.1. The summed E-state index contributed by atoms with van der Waals surface area (Å²) in [4.78, 5) is 0. The van der Waals surface area contributed by atoms with Gasteiger partial charge in [0.15, 0.2) is 6.29 Å². The van der Waals surface area contributed by atoms with Crippen LogP contribution in [0.15, 0.2) is 66.8 Å². The van der Waals surface area contributed by atoms with Gasteiger partial charge >= 0.3 is 0 Å². The molecule has 2 atom stereocenters. The summed E-state index contributed by atoms with van der Waals surface area (Å²) < 4.78 is 17.6. The first-order valence-electron chi connectivity index (χ1n) is 14.3. The van der Waals surface area contributed by atoms with Crippen molar-refractivity contribution in [2.24, 2.45) is 0 Å². The maximum atomic E-state index is 6.17. The van der Waals surface area contributed by atoms with Crippen molar-refractivity contribution in [1.29, 1.82) is 0 Å². The molecule has 1 heterocycles. The third-order valence-electron chi connectivity index (χ3n) is 6.37. The summed E-state index contributed by atoms with van der Waals surface area (Å²) in [7, 11) is 0. The Morgan fingerprint density at radius 1 is 0.914 bits per heavy atom. The Bertz CT molecular complexity index is 673. The van der Waals surface area contributed by atoms with Crippen LogP contribution < -0.4 is 0 Å². The molecule has 3 heteroatoms. The fourth-order valence-electron chi connectivity index (χ4n) is 4.20. The van der Waals surface area contributed by atoms with Crippen LogP contribution in [0.3, 0.4) is 0 Å². The van der Waals surface area contributed by atoms with Gasteiger partial charge in [0.2, 0.25) is 0 Å². The molecule has 0 aliphatic carbocycles. The standard InChI is InChI=1S/C32H50O3/c1-2-3-15-24-31(35-29-30-22-16-14-17-23-30)25-18-12-10-8-6-4-5-7-9-11-13-20-27-33-32-26-19-21-28-34-32/h4,6,10,12,14,16-18,22-23,25,31-32H,2-3,5,7-9,11,13,15,19-21,24,26-29H2,1H3/b6-4-,12-10-,25-18+/t31-,32?/m0/s1. The maximum absolute atomic E-state index is 6.17. The monoisotopic (exact) mass is 482 g/mol. The first kappa shape index (κ1) is 29.5. The summed E-state index contributed by atoms with van der Waals surface area (Å²) >= 11 is 0. The molecule has 0 amide bonds. The molecule has 0 radical (unpaired) electrons. The smallest absolute Gasteiger partial charge is 0.157 e. The highest BCUT2D eigenvalue weighted by Gasteiger charge is 2.13. The number of hydrogen-bond donors (Lipinski definition) is 0. The quantitative estimate of drug-likeness (QED) is 0.105. The van der Waals surface area contributed by atoms with Crippen LogP contribution in [-0.4, -0.2) is 25.6 Å². The lowest BCUT2D eigenvalue weighted by Gasteiger charge is -2.22. The molecule has 0 spiro atoms. The summed E-state index contributed by atoms with van der Waals surface area (Å²) in [5.74, 6) is 0. The molecule has 196 valence electrons. The Balaban J connectivity index is 1.47. The zero-order valence-electron chi connectivity index (χ0n) is 22.3. The molecule has 2 rings (SSSR count). The van der Waals surface area contributed by atoms with Crippen LogP contribution in [0.5, 0.6) is 0 Å². The number of rotatable bonds is 20. The molecule has 1 saturated heterocycles. The molecule has 1 unspecified atom stereocenters. The highest BCUT2D eigenvalue weighted by Crippen LogP contribution is 2.15. The fourth-order valence-corrected chi connectivity index (χ4v) is 4.20. The topological polar surface area (TPSA) is 27.7 Å². The van der Waals surface area contributed by atoms with Crippen LogP contribution in [0.25, 0.3) is 0 Å². The minimum absolute atomic E-state index is 0.0682. The van der Waals surface area contributed by atoms with Crippen molar-refractivity contribution < 1.29 is 14.2 Å². The molecule has 3 nitrogen and oxygen atoms in total. The molecule has 1 aliphatic rings. The average molecular weight is 483 g/mol. The third-order valence-corrected chi connectivity index (χ3v) is 6.37. The molecular weight excluding hydrogens is 432 g/mol. The maximum Gasteiger partial charge on any atom is 0.157 e. The van der Waals surface area contributed by atoms with Gasteiger partial charge in [-0.25, -0.2) is 0 Å². The van der Waals surface area contributed by atoms with Crippen LogP contribution in [0.2, 0.25) is 0 Å². The zero-order valence-corrected chi connectivity index (χ0v) is 22.3. The number of hydrogen-bond acceptors (Lipinski definition) is 3. The third kappa shape index (κ3) is 16.6.